The fraction of sp³-hybridized carbons (Fsp3) is 0.250. The van der Waals surface area contributed by atoms with Crippen molar-refractivity contribution >= 4 is 23.2 Å². The van der Waals surface area contributed by atoms with Crippen LogP contribution in [0.5, 0.6) is 0 Å². The van der Waals surface area contributed by atoms with Gasteiger partial charge < -0.3 is 31.1 Å². The summed E-state index contributed by atoms with van der Waals surface area (Å²) in [5.41, 5.74) is 9.76. The third kappa shape index (κ3) is 4.37. The van der Waals surface area contributed by atoms with E-state index in [2.05, 4.69) is 38.3 Å². The summed E-state index contributed by atoms with van der Waals surface area (Å²) >= 11 is 0. The van der Waals surface area contributed by atoms with E-state index >= 15 is 0 Å². The minimum Gasteiger partial charge on any atom is -0.385 e. The van der Waals surface area contributed by atoms with Crippen LogP contribution in [0, 0.1) is 0 Å². The topological polar surface area (TPSA) is 139 Å². The van der Waals surface area contributed by atoms with Gasteiger partial charge in [-0.2, -0.15) is 0 Å². The fourth-order valence-electron chi connectivity index (χ4n) is 7.57. The Morgan fingerprint density at radius 3 is 1.12 bits per heavy atom. The summed E-state index contributed by atoms with van der Waals surface area (Å²) in [7, 11) is 0. The average molecular weight is 641 g/mol. The van der Waals surface area contributed by atoms with Crippen molar-refractivity contribution in [2.45, 2.75) is 63.9 Å². The van der Waals surface area contributed by atoms with Gasteiger partial charge in [-0.3, -0.25) is 9.59 Å². The van der Waals surface area contributed by atoms with E-state index in [9.17, 15) is 30.0 Å². The monoisotopic (exact) mass is 640 g/mol. The van der Waals surface area contributed by atoms with Gasteiger partial charge in [-0.15, -0.1) is 0 Å². The molecule has 4 aromatic rings. The molecule has 0 saturated heterocycles. The van der Waals surface area contributed by atoms with Crippen LogP contribution in [-0.2, 0) is 9.59 Å². The van der Waals surface area contributed by atoms with Gasteiger partial charge in [0.1, 0.15) is 24.4 Å². The van der Waals surface area contributed by atoms with E-state index in [0.29, 0.717) is 44.8 Å². The minimum atomic E-state index is -1.19. The molecular formula is C40H36N2O6. The van der Waals surface area contributed by atoms with Crippen molar-refractivity contribution in [1.82, 2.24) is 10.6 Å². The Labute approximate surface area is 278 Å². The zero-order valence-corrected chi connectivity index (χ0v) is 27.0. The second-order valence-electron chi connectivity index (χ2n) is 13.8. The number of carbonyl (C=O) groups excluding carboxylic acids is 2. The normalized spacial score (nSPS) is 22.4. The molecule has 8 heteroatoms. The minimum absolute atomic E-state index is 0.188. The van der Waals surface area contributed by atoms with Crippen LogP contribution in [0.15, 0.2) is 83.9 Å². The highest BCUT2D eigenvalue weighted by atomic mass is 16.3. The van der Waals surface area contributed by atoms with Crippen LogP contribution in [-0.4, -0.2) is 32.2 Å². The Kier molecular flexibility index (Phi) is 6.88. The molecule has 0 radical (unpaired) electrons. The molecule has 0 saturated carbocycles. The van der Waals surface area contributed by atoms with Crippen LogP contribution in [0.1, 0.15) is 108 Å². The first-order chi connectivity index (χ1) is 22.9. The van der Waals surface area contributed by atoms with Gasteiger partial charge in [-0.05, 0) is 90.7 Å². The molecule has 242 valence electrons. The van der Waals surface area contributed by atoms with E-state index in [0.717, 1.165) is 33.4 Å². The second kappa shape index (κ2) is 10.8. The van der Waals surface area contributed by atoms with E-state index in [1.165, 1.54) is 0 Å². The standard InChI is InChI=1S/C40H36N2O6/c1-17(2)19-5-9-23-25-11-7-21(15-29(25)37(45)35(43)27(23)13-19)33-31-32(40(48)41-33)34(42-39(31)47)22-8-12-26-24-10-6-20(18(3)4)14-28(24)36(44)38(46)30(26)16-22/h5-18,35-38,43-46H,1-4H3,(H,41,48)(H,42,47). The van der Waals surface area contributed by atoms with Crippen LogP contribution in [0.4, 0.5) is 0 Å². The van der Waals surface area contributed by atoms with Crippen molar-refractivity contribution in [2.75, 3.05) is 0 Å². The molecule has 2 amide bonds. The molecular weight excluding hydrogens is 604 g/mol. The second-order valence-corrected chi connectivity index (χ2v) is 13.8. The molecule has 6 N–H and O–H groups in total. The summed E-state index contributed by atoms with van der Waals surface area (Å²) in [6.07, 6.45) is -4.65. The summed E-state index contributed by atoms with van der Waals surface area (Å²) in [5, 5.41) is 50.4. The molecule has 2 aliphatic heterocycles. The highest BCUT2D eigenvalue weighted by Gasteiger charge is 2.42. The number of aliphatic hydroxyl groups is 4. The van der Waals surface area contributed by atoms with Crippen LogP contribution in [0.3, 0.4) is 0 Å². The molecule has 8 rings (SSSR count). The molecule has 0 bridgehead atoms. The van der Waals surface area contributed by atoms with Crippen molar-refractivity contribution in [2.24, 2.45) is 0 Å². The number of carbonyl (C=O) groups is 2. The Morgan fingerprint density at radius 2 is 0.792 bits per heavy atom. The number of benzene rings is 4. The molecule has 48 heavy (non-hydrogen) atoms. The highest BCUT2D eigenvalue weighted by molar-refractivity contribution is 6.30. The van der Waals surface area contributed by atoms with E-state index in [-0.39, 0.29) is 23.0 Å². The molecule has 4 aromatic carbocycles. The number of amides is 2. The number of fused-ring (bicyclic) bond motifs is 7. The van der Waals surface area contributed by atoms with Gasteiger partial charge in [0.25, 0.3) is 11.8 Å². The number of hydrogen-bond acceptors (Lipinski definition) is 6. The lowest BCUT2D eigenvalue weighted by atomic mass is 9.79. The van der Waals surface area contributed by atoms with Crippen LogP contribution in [0.25, 0.3) is 33.6 Å². The van der Waals surface area contributed by atoms with Crippen LogP contribution in [0.2, 0.25) is 0 Å². The summed E-state index contributed by atoms with van der Waals surface area (Å²) in [5.74, 6) is -0.383. The van der Waals surface area contributed by atoms with Gasteiger partial charge >= 0.3 is 0 Å². The smallest absolute Gasteiger partial charge is 0.258 e. The van der Waals surface area contributed by atoms with E-state index in [4.69, 9.17) is 0 Å². The van der Waals surface area contributed by atoms with Gasteiger partial charge in [0.2, 0.25) is 0 Å². The number of aliphatic hydroxyl groups excluding tert-OH is 4. The van der Waals surface area contributed by atoms with Crippen molar-refractivity contribution < 1.29 is 30.0 Å². The first-order valence-electron chi connectivity index (χ1n) is 16.4. The van der Waals surface area contributed by atoms with E-state index in [1.807, 2.05) is 48.5 Å². The zero-order valence-electron chi connectivity index (χ0n) is 27.0. The quantitative estimate of drug-likeness (QED) is 0.167. The Morgan fingerprint density at radius 1 is 0.479 bits per heavy atom. The van der Waals surface area contributed by atoms with Crippen molar-refractivity contribution in [3.63, 3.8) is 0 Å². The third-order valence-corrected chi connectivity index (χ3v) is 10.3. The largest absolute Gasteiger partial charge is 0.385 e. The van der Waals surface area contributed by atoms with E-state index < -0.39 is 36.2 Å². The Balaban J connectivity index is 1.20. The predicted molar refractivity (Wildman–Crippen MR) is 182 cm³/mol. The molecule has 2 aliphatic carbocycles. The van der Waals surface area contributed by atoms with Crippen molar-refractivity contribution in [3.05, 3.63) is 128 Å². The average Bonchev–Trinajstić information content (AvgIpc) is 3.62. The summed E-state index contributed by atoms with van der Waals surface area (Å²) in [6.45, 7) is 8.30. The van der Waals surface area contributed by atoms with Gasteiger partial charge in [-0.1, -0.05) is 88.4 Å². The summed E-state index contributed by atoms with van der Waals surface area (Å²) in [6, 6.07) is 22.6. The number of rotatable bonds is 4. The molecule has 4 unspecified atom stereocenters. The van der Waals surface area contributed by atoms with Crippen LogP contribution < -0.4 is 10.6 Å². The summed E-state index contributed by atoms with van der Waals surface area (Å²) in [4.78, 5) is 27.0. The maximum atomic E-state index is 13.5. The number of nitrogens with one attached hydrogen (secondary N) is 2. The molecule has 0 aromatic heterocycles. The van der Waals surface area contributed by atoms with Crippen molar-refractivity contribution in [1.29, 1.82) is 0 Å². The predicted octanol–water partition coefficient (Wildman–Crippen LogP) is 5.81. The lowest BCUT2D eigenvalue weighted by molar-refractivity contribution is -0.117. The molecule has 4 aliphatic rings. The molecule has 8 nitrogen and oxygen atoms in total. The molecule has 2 heterocycles. The third-order valence-electron chi connectivity index (χ3n) is 10.3. The van der Waals surface area contributed by atoms with Crippen molar-refractivity contribution in [3.8, 4) is 22.3 Å². The first kappa shape index (κ1) is 30.5. The van der Waals surface area contributed by atoms with E-state index in [1.54, 1.807) is 24.3 Å². The lowest BCUT2D eigenvalue weighted by Crippen LogP contribution is -2.22. The van der Waals surface area contributed by atoms with Gasteiger partial charge in [-0.25, -0.2) is 0 Å². The first-order valence-corrected chi connectivity index (χ1v) is 16.4. The molecule has 0 fully saturated rings. The summed E-state index contributed by atoms with van der Waals surface area (Å²) < 4.78 is 0. The van der Waals surface area contributed by atoms with Gasteiger partial charge in [0, 0.05) is 0 Å². The fourth-order valence-corrected chi connectivity index (χ4v) is 7.57. The van der Waals surface area contributed by atoms with Gasteiger partial charge in [0.05, 0.1) is 22.5 Å². The maximum Gasteiger partial charge on any atom is 0.258 e. The SMILES string of the molecule is CC(C)c1ccc2c(c1)C(O)C(O)c1cc(C3=C4C(=O)NC(c5ccc6c(c5)C(O)C(O)c5cc(C(C)C)ccc5-6)=C4C(=O)N3)ccc1-2. The molecule has 4 atom stereocenters. The Bertz CT molecular complexity index is 2010. The molecule has 0 spiro atoms. The lowest BCUT2D eigenvalue weighted by Gasteiger charge is -2.30. The van der Waals surface area contributed by atoms with Gasteiger partial charge in [0.15, 0.2) is 0 Å². The highest BCUT2D eigenvalue weighted by Crippen LogP contribution is 2.49. The van der Waals surface area contributed by atoms with Crippen LogP contribution >= 0.6 is 0 Å². The number of hydrogen-bond donors (Lipinski definition) is 6. The maximum absolute atomic E-state index is 13.5. The zero-order chi connectivity index (χ0) is 33.8. The Hall–Kier alpha value is -4.86.